The van der Waals surface area contributed by atoms with Crippen molar-refractivity contribution in [2.75, 3.05) is 0 Å². The van der Waals surface area contributed by atoms with Crippen LogP contribution in [0.5, 0.6) is 0 Å². The highest BCUT2D eigenvalue weighted by atomic mass is 79.9. The van der Waals surface area contributed by atoms with Gasteiger partial charge in [-0.3, -0.25) is 0 Å². The molecule has 1 N–H and O–H groups in total. The van der Waals surface area contributed by atoms with Crippen LogP contribution in [-0.2, 0) is 6.54 Å². The Morgan fingerprint density at radius 3 is 2.73 bits per heavy atom. The van der Waals surface area contributed by atoms with Crippen molar-refractivity contribution < 1.29 is 0 Å². The lowest BCUT2D eigenvalue weighted by atomic mass is 10.1. The SMILES string of the molecule is CCC(NCc1ccccc1Br)C1CC1. The first kappa shape index (κ1) is 11.2. The molecule has 1 fully saturated rings. The van der Waals surface area contributed by atoms with Gasteiger partial charge < -0.3 is 5.32 Å². The first-order valence-corrected chi connectivity index (χ1v) is 6.57. The van der Waals surface area contributed by atoms with Gasteiger partial charge in [0.1, 0.15) is 0 Å². The molecule has 1 nitrogen and oxygen atoms in total. The molecule has 15 heavy (non-hydrogen) atoms. The van der Waals surface area contributed by atoms with E-state index in [1.54, 1.807) is 0 Å². The predicted octanol–water partition coefficient (Wildman–Crippen LogP) is 3.73. The van der Waals surface area contributed by atoms with Crippen molar-refractivity contribution in [3.63, 3.8) is 0 Å². The van der Waals surface area contributed by atoms with Crippen molar-refractivity contribution in [1.29, 1.82) is 0 Å². The molecule has 82 valence electrons. The third kappa shape index (κ3) is 3.05. The van der Waals surface area contributed by atoms with Gasteiger partial charge in [-0.1, -0.05) is 41.1 Å². The summed E-state index contributed by atoms with van der Waals surface area (Å²) in [7, 11) is 0. The second kappa shape index (κ2) is 5.13. The first-order chi connectivity index (χ1) is 7.31. The van der Waals surface area contributed by atoms with Gasteiger partial charge in [-0.25, -0.2) is 0 Å². The maximum Gasteiger partial charge on any atom is 0.0220 e. The van der Waals surface area contributed by atoms with Gasteiger partial charge in [0.2, 0.25) is 0 Å². The van der Waals surface area contributed by atoms with Crippen LogP contribution in [0.3, 0.4) is 0 Å². The van der Waals surface area contributed by atoms with Gasteiger partial charge in [0.25, 0.3) is 0 Å². The van der Waals surface area contributed by atoms with Crippen LogP contribution in [0.2, 0.25) is 0 Å². The highest BCUT2D eigenvalue weighted by Gasteiger charge is 2.29. The van der Waals surface area contributed by atoms with Crippen LogP contribution in [-0.4, -0.2) is 6.04 Å². The van der Waals surface area contributed by atoms with E-state index in [1.165, 1.54) is 29.3 Å². The van der Waals surface area contributed by atoms with E-state index in [0.29, 0.717) is 0 Å². The van der Waals surface area contributed by atoms with Crippen LogP contribution in [0, 0.1) is 5.92 Å². The van der Waals surface area contributed by atoms with E-state index in [9.17, 15) is 0 Å². The Balaban J connectivity index is 1.89. The fourth-order valence-electron chi connectivity index (χ4n) is 2.03. The zero-order chi connectivity index (χ0) is 10.7. The summed E-state index contributed by atoms with van der Waals surface area (Å²) < 4.78 is 1.21. The summed E-state index contributed by atoms with van der Waals surface area (Å²) in [6.07, 6.45) is 4.08. The Kier molecular flexibility index (Phi) is 3.81. The lowest BCUT2D eigenvalue weighted by molar-refractivity contribution is 0.448. The van der Waals surface area contributed by atoms with Crippen LogP contribution in [0.1, 0.15) is 31.7 Å². The number of benzene rings is 1. The molecule has 1 aromatic carbocycles. The van der Waals surface area contributed by atoms with E-state index in [-0.39, 0.29) is 0 Å². The zero-order valence-electron chi connectivity index (χ0n) is 9.17. The summed E-state index contributed by atoms with van der Waals surface area (Å²) in [6, 6.07) is 9.16. The topological polar surface area (TPSA) is 12.0 Å². The molecule has 1 atom stereocenters. The van der Waals surface area contributed by atoms with Gasteiger partial charge in [0.05, 0.1) is 0 Å². The minimum Gasteiger partial charge on any atom is -0.310 e. The fraction of sp³-hybridized carbons (Fsp3) is 0.538. The summed E-state index contributed by atoms with van der Waals surface area (Å²) >= 11 is 3.58. The lowest BCUT2D eigenvalue weighted by Gasteiger charge is -2.16. The van der Waals surface area contributed by atoms with E-state index in [4.69, 9.17) is 0 Å². The van der Waals surface area contributed by atoms with Gasteiger partial charge in [0.15, 0.2) is 0 Å². The van der Waals surface area contributed by atoms with Crippen molar-refractivity contribution in [1.82, 2.24) is 5.32 Å². The molecular weight excluding hydrogens is 250 g/mol. The zero-order valence-corrected chi connectivity index (χ0v) is 10.8. The van der Waals surface area contributed by atoms with Crippen LogP contribution in [0.4, 0.5) is 0 Å². The maximum absolute atomic E-state index is 3.66. The summed E-state index contributed by atoms with van der Waals surface area (Å²) in [5.41, 5.74) is 1.36. The second-order valence-electron chi connectivity index (χ2n) is 4.32. The molecule has 2 heteroatoms. The first-order valence-electron chi connectivity index (χ1n) is 5.78. The Bertz CT molecular complexity index is 320. The minimum absolute atomic E-state index is 0.720. The molecule has 0 heterocycles. The van der Waals surface area contributed by atoms with Crippen LogP contribution in [0.15, 0.2) is 28.7 Å². The highest BCUT2D eigenvalue weighted by Crippen LogP contribution is 2.34. The van der Waals surface area contributed by atoms with Crippen molar-refractivity contribution in [2.45, 2.75) is 38.8 Å². The number of rotatable bonds is 5. The van der Waals surface area contributed by atoms with Crippen LogP contribution in [0.25, 0.3) is 0 Å². The molecule has 2 rings (SSSR count). The van der Waals surface area contributed by atoms with E-state index < -0.39 is 0 Å². The Morgan fingerprint density at radius 2 is 2.13 bits per heavy atom. The highest BCUT2D eigenvalue weighted by molar-refractivity contribution is 9.10. The Labute approximate surface area is 100 Å². The van der Waals surface area contributed by atoms with Gasteiger partial charge in [0, 0.05) is 17.1 Å². The summed E-state index contributed by atoms with van der Waals surface area (Å²) in [4.78, 5) is 0. The summed E-state index contributed by atoms with van der Waals surface area (Å²) in [5.74, 6) is 0.942. The van der Waals surface area contributed by atoms with E-state index >= 15 is 0 Å². The third-order valence-corrected chi connectivity index (χ3v) is 3.92. The van der Waals surface area contributed by atoms with Crippen molar-refractivity contribution >= 4 is 15.9 Å². The summed E-state index contributed by atoms with van der Waals surface area (Å²) in [5, 5.41) is 3.66. The van der Waals surface area contributed by atoms with Crippen LogP contribution >= 0.6 is 15.9 Å². The predicted molar refractivity (Wildman–Crippen MR) is 67.8 cm³/mol. The third-order valence-electron chi connectivity index (χ3n) is 3.14. The molecule has 0 amide bonds. The molecule has 1 aromatic rings. The average Bonchev–Trinajstić information content (AvgIpc) is 3.06. The number of hydrogen-bond acceptors (Lipinski definition) is 1. The molecule has 1 aliphatic carbocycles. The minimum atomic E-state index is 0.720. The maximum atomic E-state index is 3.66. The van der Waals surface area contributed by atoms with Gasteiger partial charge in [-0.2, -0.15) is 0 Å². The smallest absolute Gasteiger partial charge is 0.0220 e. The molecule has 0 bridgehead atoms. The van der Waals surface area contributed by atoms with Crippen molar-refractivity contribution in [3.05, 3.63) is 34.3 Å². The van der Waals surface area contributed by atoms with Gasteiger partial charge >= 0.3 is 0 Å². The Morgan fingerprint density at radius 1 is 1.40 bits per heavy atom. The number of halogens is 1. The summed E-state index contributed by atoms with van der Waals surface area (Å²) in [6.45, 7) is 3.26. The van der Waals surface area contributed by atoms with E-state index in [0.717, 1.165) is 18.5 Å². The molecule has 1 aliphatic rings. The quantitative estimate of drug-likeness (QED) is 0.858. The molecule has 0 saturated heterocycles. The van der Waals surface area contributed by atoms with Gasteiger partial charge in [-0.05, 0) is 36.8 Å². The molecule has 0 spiro atoms. The van der Waals surface area contributed by atoms with E-state index in [1.807, 2.05) is 0 Å². The number of nitrogens with one attached hydrogen (secondary N) is 1. The normalized spacial score (nSPS) is 17.7. The largest absolute Gasteiger partial charge is 0.310 e. The van der Waals surface area contributed by atoms with Crippen molar-refractivity contribution in [2.24, 2.45) is 5.92 Å². The van der Waals surface area contributed by atoms with Gasteiger partial charge in [-0.15, -0.1) is 0 Å². The van der Waals surface area contributed by atoms with Crippen LogP contribution < -0.4 is 5.32 Å². The molecule has 1 saturated carbocycles. The Hall–Kier alpha value is -0.340. The molecule has 0 aliphatic heterocycles. The average molecular weight is 268 g/mol. The molecule has 0 radical (unpaired) electrons. The standard InChI is InChI=1S/C13H18BrN/c1-2-13(10-7-8-10)15-9-11-5-3-4-6-12(11)14/h3-6,10,13,15H,2,7-9H2,1H3. The monoisotopic (exact) mass is 267 g/mol. The molecule has 1 unspecified atom stereocenters. The lowest BCUT2D eigenvalue weighted by Crippen LogP contribution is -2.29. The molecule has 0 aromatic heterocycles. The second-order valence-corrected chi connectivity index (χ2v) is 5.18. The van der Waals surface area contributed by atoms with Crippen molar-refractivity contribution in [3.8, 4) is 0 Å². The number of hydrogen-bond donors (Lipinski definition) is 1. The fourth-order valence-corrected chi connectivity index (χ4v) is 2.45. The molecular formula is C13H18BrN. The van der Waals surface area contributed by atoms with E-state index in [2.05, 4.69) is 52.4 Å².